The van der Waals surface area contributed by atoms with E-state index in [1.165, 1.54) is 0 Å². The number of nitriles is 1. The summed E-state index contributed by atoms with van der Waals surface area (Å²) in [6, 6.07) is 2.90. The minimum Gasteiger partial charge on any atom is -0.387 e. The Bertz CT molecular complexity index is 794. The molecule has 1 aromatic heterocycles. The summed E-state index contributed by atoms with van der Waals surface area (Å²) in [4.78, 5) is 42.6. The van der Waals surface area contributed by atoms with E-state index in [9.17, 15) is 19.3 Å². The summed E-state index contributed by atoms with van der Waals surface area (Å²) >= 11 is 0. The Kier molecular flexibility index (Phi) is 6.26. The minimum atomic E-state index is -4.79. The summed E-state index contributed by atoms with van der Waals surface area (Å²) in [5.74, 6) is 0. The fourth-order valence-electron chi connectivity index (χ4n) is 2.30. The van der Waals surface area contributed by atoms with Crippen molar-refractivity contribution in [3.8, 4) is 6.07 Å². The molecule has 0 bridgehead atoms. The van der Waals surface area contributed by atoms with Crippen LogP contribution in [0.2, 0.25) is 0 Å². The van der Waals surface area contributed by atoms with E-state index >= 15 is 0 Å². The zero-order chi connectivity index (χ0) is 18.6. The number of H-pyrrole nitrogens is 1. The van der Waals surface area contributed by atoms with Crippen LogP contribution in [0.4, 0.5) is 0 Å². The molecule has 13 heteroatoms. The monoisotopic (exact) mass is 377 g/mol. The van der Waals surface area contributed by atoms with E-state index in [-0.39, 0.29) is 13.0 Å². The van der Waals surface area contributed by atoms with Gasteiger partial charge in [-0.1, -0.05) is 0 Å². The SMILES string of the molecule is N#CCCOC1C(O)[C@H](COP(=O)(O)O)O[C@@H]1n1ccc(=O)[nH]c1=O. The number of ether oxygens (including phenoxy) is 2. The van der Waals surface area contributed by atoms with Gasteiger partial charge < -0.3 is 24.4 Å². The predicted molar refractivity (Wildman–Crippen MR) is 79.2 cm³/mol. The molecule has 1 aliphatic heterocycles. The molecule has 0 spiro atoms. The van der Waals surface area contributed by atoms with Crippen molar-refractivity contribution in [2.45, 2.75) is 31.0 Å². The van der Waals surface area contributed by atoms with E-state index < -0.39 is 50.2 Å². The van der Waals surface area contributed by atoms with Gasteiger partial charge in [-0.05, 0) is 0 Å². The first-order valence-corrected chi connectivity index (χ1v) is 8.59. The van der Waals surface area contributed by atoms with Crippen LogP contribution in [-0.2, 0) is 18.6 Å². The van der Waals surface area contributed by atoms with E-state index in [1.807, 2.05) is 11.1 Å². The topological polar surface area (TPSA) is 184 Å². The molecule has 0 aliphatic carbocycles. The van der Waals surface area contributed by atoms with Crippen molar-refractivity contribution in [3.63, 3.8) is 0 Å². The van der Waals surface area contributed by atoms with E-state index in [2.05, 4.69) is 4.52 Å². The third kappa shape index (κ3) is 5.07. The van der Waals surface area contributed by atoms with Gasteiger partial charge in [0.25, 0.3) is 5.56 Å². The van der Waals surface area contributed by atoms with E-state index in [0.29, 0.717) is 0 Å². The maximum absolute atomic E-state index is 11.9. The maximum Gasteiger partial charge on any atom is 0.469 e. The number of rotatable bonds is 7. The molecule has 4 atom stereocenters. The van der Waals surface area contributed by atoms with Gasteiger partial charge in [0.1, 0.15) is 18.3 Å². The molecule has 4 N–H and O–H groups in total. The number of nitrogens with zero attached hydrogens (tertiary/aromatic N) is 2. The first kappa shape index (κ1) is 19.5. The maximum atomic E-state index is 11.9. The first-order valence-electron chi connectivity index (χ1n) is 7.06. The average Bonchev–Trinajstić information content (AvgIpc) is 2.82. The number of phosphoric ester groups is 1. The van der Waals surface area contributed by atoms with Crippen LogP contribution in [0.15, 0.2) is 21.9 Å². The van der Waals surface area contributed by atoms with Crippen molar-refractivity contribution >= 4 is 7.82 Å². The normalized spacial score (nSPS) is 26.5. The molecule has 0 radical (unpaired) electrons. The average molecular weight is 377 g/mol. The smallest absolute Gasteiger partial charge is 0.387 e. The largest absolute Gasteiger partial charge is 0.469 e. The standard InChI is InChI=1S/C12H16N3O9P/c13-3-1-5-22-10-9(17)7(6-23-25(19,20)21)24-11(10)15-4-2-8(16)14-12(15)18/h2,4,7,9-11,17H,1,5-6H2,(H,14,16,18)(H2,19,20,21)/t7-,9?,10?,11-/m0/s1. The molecule has 1 fully saturated rings. The number of hydrogen-bond donors (Lipinski definition) is 4. The highest BCUT2D eigenvalue weighted by molar-refractivity contribution is 7.46. The molecular weight excluding hydrogens is 361 g/mol. The molecule has 2 rings (SSSR count). The van der Waals surface area contributed by atoms with E-state index in [4.69, 9.17) is 24.5 Å². The van der Waals surface area contributed by atoms with Crippen molar-refractivity contribution in [3.05, 3.63) is 33.1 Å². The second kappa shape index (κ2) is 8.03. The summed E-state index contributed by atoms with van der Waals surface area (Å²) < 4.78 is 26.9. The van der Waals surface area contributed by atoms with Gasteiger partial charge in [-0.25, -0.2) is 9.36 Å². The van der Waals surface area contributed by atoms with Crippen LogP contribution in [0.5, 0.6) is 0 Å². The molecule has 1 aromatic rings. The van der Waals surface area contributed by atoms with E-state index in [1.54, 1.807) is 0 Å². The Hall–Kier alpha value is -1.84. The van der Waals surface area contributed by atoms with Gasteiger partial charge >= 0.3 is 13.5 Å². The minimum absolute atomic E-state index is 0.0140. The highest BCUT2D eigenvalue weighted by atomic mass is 31.2. The van der Waals surface area contributed by atoms with Crippen molar-refractivity contribution < 1.29 is 33.5 Å². The summed E-state index contributed by atoms with van der Waals surface area (Å²) in [6.45, 7) is -0.722. The molecule has 0 saturated carbocycles. The van der Waals surface area contributed by atoms with Crippen LogP contribution in [0.25, 0.3) is 0 Å². The summed E-state index contributed by atoms with van der Waals surface area (Å²) in [6.07, 6.45) is -3.77. The quantitative estimate of drug-likeness (QED) is 0.312. The zero-order valence-electron chi connectivity index (χ0n) is 12.7. The predicted octanol–water partition coefficient (Wildman–Crippen LogP) is -1.80. The van der Waals surface area contributed by atoms with Gasteiger partial charge in [0, 0.05) is 12.3 Å². The molecule has 138 valence electrons. The molecule has 0 aromatic carbocycles. The first-order chi connectivity index (χ1) is 11.7. The van der Waals surface area contributed by atoms with Crippen LogP contribution in [0.3, 0.4) is 0 Å². The second-order valence-electron chi connectivity index (χ2n) is 5.10. The molecule has 2 unspecified atom stereocenters. The molecule has 0 amide bonds. The number of aliphatic hydroxyl groups excluding tert-OH is 1. The van der Waals surface area contributed by atoms with E-state index in [0.717, 1.165) is 16.8 Å². The lowest BCUT2D eigenvalue weighted by Gasteiger charge is -2.21. The Balaban J connectivity index is 2.24. The molecule has 12 nitrogen and oxygen atoms in total. The molecule has 1 saturated heterocycles. The highest BCUT2D eigenvalue weighted by Crippen LogP contribution is 2.38. The van der Waals surface area contributed by atoms with Crippen LogP contribution in [-0.4, -0.2) is 56.0 Å². The molecule has 1 aliphatic rings. The summed E-state index contributed by atoms with van der Waals surface area (Å²) in [7, 11) is -4.79. The van der Waals surface area contributed by atoms with Gasteiger partial charge in [-0.2, -0.15) is 5.26 Å². The lowest BCUT2D eigenvalue weighted by molar-refractivity contribution is -0.0729. The Morgan fingerprint density at radius 2 is 2.16 bits per heavy atom. The lowest BCUT2D eigenvalue weighted by Crippen LogP contribution is -2.39. The van der Waals surface area contributed by atoms with Gasteiger partial charge in [0.2, 0.25) is 0 Å². The van der Waals surface area contributed by atoms with Gasteiger partial charge in [0.15, 0.2) is 6.23 Å². The van der Waals surface area contributed by atoms with Crippen LogP contribution in [0.1, 0.15) is 12.6 Å². The fraction of sp³-hybridized carbons (Fsp3) is 0.583. The Morgan fingerprint density at radius 3 is 2.76 bits per heavy atom. The molecule has 25 heavy (non-hydrogen) atoms. The van der Waals surface area contributed by atoms with Gasteiger partial charge in [-0.3, -0.25) is 18.9 Å². The number of aromatic nitrogens is 2. The molecule has 2 heterocycles. The highest BCUT2D eigenvalue weighted by Gasteiger charge is 2.46. The third-order valence-electron chi connectivity index (χ3n) is 3.37. The number of nitrogens with one attached hydrogen (secondary N) is 1. The van der Waals surface area contributed by atoms with Crippen molar-refractivity contribution in [2.75, 3.05) is 13.2 Å². The number of hydrogen-bond acceptors (Lipinski definition) is 8. The van der Waals surface area contributed by atoms with Crippen LogP contribution >= 0.6 is 7.82 Å². The van der Waals surface area contributed by atoms with Crippen molar-refractivity contribution in [1.29, 1.82) is 5.26 Å². The van der Waals surface area contributed by atoms with Gasteiger partial charge in [-0.15, -0.1) is 0 Å². The Morgan fingerprint density at radius 1 is 1.44 bits per heavy atom. The second-order valence-corrected chi connectivity index (χ2v) is 6.34. The number of aliphatic hydroxyl groups is 1. The Labute approximate surface area is 140 Å². The van der Waals surface area contributed by atoms with Crippen LogP contribution < -0.4 is 11.2 Å². The fourth-order valence-corrected chi connectivity index (χ4v) is 2.64. The number of phosphoric acid groups is 1. The van der Waals surface area contributed by atoms with Crippen molar-refractivity contribution in [1.82, 2.24) is 9.55 Å². The molecular formula is C12H16N3O9P. The summed E-state index contributed by atoms with van der Waals surface area (Å²) in [5.41, 5.74) is -1.46. The number of aromatic amines is 1. The zero-order valence-corrected chi connectivity index (χ0v) is 13.6. The third-order valence-corrected chi connectivity index (χ3v) is 3.85. The summed E-state index contributed by atoms with van der Waals surface area (Å²) in [5, 5.41) is 18.8. The van der Waals surface area contributed by atoms with Crippen LogP contribution in [0, 0.1) is 11.3 Å². The lowest BCUT2D eigenvalue weighted by atomic mass is 10.1. The van der Waals surface area contributed by atoms with Gasteiger partial charge in [0.05, 0.1) is 25.7 Å². The van der Waals surface area contributed by atoms with Crippen molar-refractivity contribution in [2.24, 2.45) is 0 Å².